The van der Waals surface area contributed by atoms with Crippen molar-refractivity contribution >= 4 is 120 Å². The van der Waals surface area contributed by atoms with Gasteiger partial charge >= 0.3 is 41.8 Å². The van der Waals surface area contributed by atoms with E-state index in [1.54, 1.807) is 20.8 Å². The van der Waals surface area contributed by atoms with Gasteiger partial charge in [-0.3, -0.25) is 33.6 Å². The van der Waals surface area contributed by atoms with Crippen LogP contribution in [0.25, 0.3) is 0 Å². The Bertz CT molecular complexity index is 2290. The number of rotatable bonds is 33. The van der Waals surface area contributed by atoms with Crippen LogP contribution in [0.3, 0.4) is 0 Å². The number of hydrogen-bond acceptors (Lipinski definition) is 29. The van der Waals surface area contributed by atoms with E-state index in [2.05, 4.69) is 12.1 Å². The maximum Gasteiger partial charge on any atom is 0.310 e. The molecule has 86 heavy (non-hydrogen) atoms. The van der Waals surface area contributed by atoms with Gasteiger partial charge < -0.3 is 73.6 Å². The number of aliphatic hydroxyl groups is 6. The average molecular weight is 1330 g/mol. The Labute approximate surface area is 531 Å². The van der Waals surface area contributed by atoms with Crippen LogP contribution >= 0.6 is 71.5 Å². The average Bonchev–Trinajstić information content (AvgIpc) is 3.66. The van der Waals surface area contributed by atoms with Crippen molar-refractivity contribution in [2.45, 2.75) is 189 Å². The van der Waals surface area contributed by atoms with E-state index in [0.717, 1.165) is 24.3 Å². The first kappa shape index (κ1) is 80.5. The molecule has 2 aliphatic rings. The van der Waals surface area contributed by atoms with E-state index in [4.69, 9.17) is 62.3 Å². The number of carbonyl (C=O) groups is 7. The van der Waals surface area contributed by atoms with Crippen LogP contribution in [0.4, 0.5) is 0 Å². The zero-order chi connectivity index (χ0) is 65.6. The van der Waals surface area contributed by atoms with Crippen molar-refractivity contribution in [1.82, 2.24) is 0 Å². The highest BCUT2D eigenvalue weighted by molar-refractivity contribution is 8.47. The summed E-state index contributed by atoms with van der Waals surface area (Å²) >= 11 is 16.2. The molecule has 0 bridgehead atoms. The molecule has 7 N–H and O–H groups in total. The number of carboxylic acids is 1. The van der Waals surface area contributed by atoms with Crippen molar-refractivity contribution in [3.63, 3.8) is 0 Å². The largest absolute Gasteiger partial charge is 0.481 e. The molecular weight excluding hydrogens is 1250 g/mol. The maximum absolute atomic E-state index is 13.8. The third-order valence-electron chi connectivity index (χ3n) is 14.1. The molecule has 18 atom stereocenters. The van der Waals surface area contributed by atoms with Gasteiger partial charge in [0.15, 0.2) is 12.4 Å². The van der Waals surface area contributed by atoms with Crippen molar-refractivity contribution in [2.24, 2.45) is 46.3 Å². The predicted octanol–water partition coefficient (Wildman–Crippen LogP) is 5.49. The zero-order valence-electron chi connectivity index (χ0n) is 50.6. The number of hydrogen-bond donors (Lipinski definition) is 7. The highest BCUT2D eigenvalue weighted by atomic mass is 32.2. The first-order valence-corrected chi connectivity index (χ1v) is 33.1. The normalized spacial score (nSPS) is 25.3. The zero-order valence-corrected chi connectivity index (χ0v) is 55.5. The minimum absolute atomic E-state index is 0.104. The number of esters is 6. The van der Waals surface area contributed by atoms with E-state index in [1.165, 1.54) is 81.7 Å². The third-order valence-corrected chi connectivity index (χ3v) is 20.2. The monoisotopic (exact) mass is 1330 g/mol. The van der Waals surface area contributed by atoms with Crippen LogP contribution in [-0.2, 0) is 71.5 Å². The molecule has 2 rings (SSSR count). The number of ether oxygens (including phenoxy) is 8. The molecule has 0 aromatic heterocycles. The minimum Gasteiger partial charge on any atom is -0.481 e. The van der Waals surface area contributed by atoms with Crippen LogP contribution in [0.5, 0.6) is 0 Å². The summed E-state index contributed by atoms with van der Waals surface area (Å²) in [5, 5.41) is 88.4. The van der Waals surface area contributed by atoms with Crippen LogP contribution < -0.4 is 0 Å². The fraction of sp³-hybridized carbons (Fsp3) is 0.804. The second kappa shape index (κ2) is 41.0. The van der Waals surface area contributed by atoms with Gasteiger partial charge in [-0.2, -0.15) is 10.5 Å². The van der Waals surface area contributed by atoms with Gasteiger partial charge in [-0.15, -0.1) is 47.0 Å². The van der Waals surface area contributed by atoms with Gasteiger partial charge in [-0.25, -0.2) is 0 Å². The van der Waals surface area contributed by atoms with E-state index in [9.17, 15) is 79.8 Å². The Morgan fingerprint density at radius 2 is 1.05 bits per heavy atom. The van der Waals surface area contributed by atoms with E-state index in [0.29, 0.717) is 19.9 Å². The molecule has 2 saturated heterocycles. The van der Waals surface area contributed by atoms with Gasteiger partial charge in [-0.05, 0) is 83.6 Å². The molecule has 0 aliphatic carbocycles. The van der Waals surface area contributed by atoms with Crippen molar-refractivity contribution in [2.75, 3.05) is 49.4 Å². The molecule has 12 unspecified atom stereocenters. The number of thiocarbonyl (C=S) groups is 2. The SMILES string of the molecule is CCCSC(=S)SCC(CC(C(=O)OCC1O[C@H](O)C(O)[C@@H](O)[C@@H]1O)C(C)(C#N)CCC)C(=O)OCC(C)O.CCCSC(=S)SCC(CC(C(=O)OCC1O[C@H](OC(C)=O)C(OC(C)=O)[C@@H](C)[C@@H]1C)C(C)(C#N)CCC(=O)O)C(=O)OCC(C)O. The Hall–Kier alpha value is -3.47. The Morgan fingerprint density at radius 3 is 1.44 bits per heavy atom. The van der Waals surface area contributed by atoms with Gasteiger partial charge in [0.1, 0.15) is 57.9 Å². The standard InChI is InChI=1S/C31H47NO12S3.C25H41NO10S3/c1-8-11-46-30(45)47-15-22(27(38)40-13-17(2)33)12-23(31(7,16-32)10-9-25(36)37)28(39)41-14-24-18(3)19(4)26(42-20(5)34)29(44-24)43-21(6)35;1-5-7-25(4,13-26)16(22(32)35-11-17-18(28)19(29)20(30)23(33)36-17)9-15(21(31)34-10-14(3)27)12-39-24(37)38-8-6-2/h17-19,22-24,26,29,33H,8-15H2,1-7H3,(H,36,37);14-20,23,27-30,33H,5-12H2,1-4H3/t17?,18-,19-,22?,23?,24?,26?,29-,31?;14?,15?,16?,17?,18-,19+,20?,23+,25?/m01/s1. The first-order chi connectivity index (χ1) is 40.3. The molecule has 0 radical (unpaired) electrons. The summed E-state index contributed by atoms with van der Waals surface area (Å²) in [5.74, 6) is -8.52. The molecule has 0 spiro atoms. The fourth-order valence-corrected chi connectivity index (χ4v) is 13.3. The number of nitriles is 2. The maximum atomic E-state index is 13.8. The summed E-state index contributed by atoms with van der Waals surface area (Å²) in [5.41, 5.74) is -2.79. The molecule has 24 nitrogen and oxygen atoms in total. The molecular formula is C56H88N2O22S6. The second-order valence-electron chi connectivity index (χ2n) is 21.7. The number of carbonyl (C=O) groups excluding carboxylic acids is 6. The lowest BCUT2D eigenvalue weighted by atomic mass is 9.71. The van der Waals surface area contributed by atoms with E-state index >= 15 is 0 Å². The van der Waals surface area contributed by atoms with Crippen molar-refractivity contribution in [1.29, 1.82) is 10.5 Å². The Balaban J connectivity index is 0.000000875. The van der Waals surface area contributed by atoms with Gasteiger partial charge in [0.05, 0.1) is 65.0 Å². The van der Waals surface area contributed by atoms with Crippen molar-refractivity contribution in [3.8, 4) is 12.1 Å². The minimum atomic E-state index is -1.80. The number of carboxylic acid groups (broad SMARTS) is 1. The fourth-order valence-electron chi connectivity index (χ4n) is 8.86. The molecule has 2 aliphatic heterocycles. The highest BCUT2D eigenvalue weighted by Gasteiger charge is 2.49. The molecule has 490 valence electrons. The van der Waals surface area contributed by atoms with Gasteiger partial charge in [0.25, 0.3) is 0 Å². The lowest BCUT2D eigenvalue weighted by Gasteiger charge is -2.43. The molecule has 2 heterocycles. The van der Waals surface area contributed by atoms with Crippen molar-refractivity contribution < 1.29 is 107 Å². The summed E-state index contributed by atoms with van der Waals surface area (Å²) in [6.07, 6.45) is -11.3. The van der Waals surface area contributed by atoms with Crippen LogP contribution in [0.15, 0.2) is 0 Å². The topological polar surface area (TPSA) is 383 Å². The number of aliphatic carboxylic acids is 1. The molecule has 0 aromatic carbocycles. The van der Waals surface area contributed by atoms with Crippen LogP contribution in [0, 0.1) is 69.0 Å². The predicted molar refractivity (Wildman–Crippen MR) is 328 cm³/mol. The molecule has 30 heteroatoms. The van der Waals surface area contributed by atoms with Crippen LogP contribution in [-0.4, -0.2) is 195 Å². The number of nitrogens with zero attached hydrogens (tertiary/aromatic N) is 2. The van der Waals surface area contributed by atoms with Gasteiger partial charge in [0.2, 0.25) is 6.29 Å². The van der Waals surface area contributed by atoms with Gasteiger partial charge in [-0.1, -0.05) is 65.5 Å². The van der Waals surface area contributed by atoms with E-state index in [-0.39, 0.29) is 62.4 Å². The second-order valence-corrected chi connectivity index (χ2v) is 28.3. The smallest absolute Gasteiger partial charge is 0.310 e. The lowest BCUT2D eigenvalue weighted by Crippen LogP contribution is -2.58. The highest BCUT2D eigenvalue weighted by Crippen LogP contribution is 2.41. The van der Waals surface area contributed by atoms with Gasteiger partial charge in [0, 0.05) is 37.7 Å². The van der Waals surface area contributed by atoms with E-state index in [1.807, 2.05) is 20.8 Å². The number of aliphatic hydroxyl groups excluding tert-OH is 6. The summed E-state index contributed by atoms with van der Waals surface area (Å²) in [6.45, 7) is 16.4. The molecule has 0 saturated carbocycles. The Kier molecular flexibility index (Phi) is 38.4. The molecule has 0 aromatic rings. The summed E-state index contributed by atoms with van der Waals surface area (Å²) in [7, 11) is 0. The lowest BCUT2D eigenvalue weighted by molar-refractivity contribution is -0.287. The summed E-state index contributed by atoms with van der Waals surface area (Å²) in [6, 6.07) is 4.27. The molecule has 2 fully saturated rings. The van der Waals surface area contributed by atoms with Crippen LogP contribution in [0.1, 0.15) is 128 Å². The quantitative estimate of drug-likeness (QED) is 0.0242. The third kappa shape index (κ3) is 28.1. The summed E-state index contributed by atoms with van der Waals surface area (Å²) < 4.78 is 44.5. The van der Waals surface area contributed by atoms with Crippen LogP contribution in [0.2, 0.25) is 0 Å². The number of thioether (sulfide) groups is 4. The first-order valence-electron chi connectivity index (χ1n) is 28.3. The summed E-state index contributed by atoms with van der Waals surface area (Å²) in [4.78, 5) is 88.4. The van der Waals surface area contributed by atoms with Crippen molar-refractivity contribution in [3.05, 3.63) is 0 Å². The van der Waals surface area contributed by atoms with E-state index < -0.39 is 151 Å². The Morgan fingerprint density at radius 1 is 0.605 bits per heavy atom. The molecule has 0 amide bonds.